The number of hydrogen-bond donors (Lipinski definition) is 3. The molecular formula is C28H32FN7O. The van der Waals surface area contributed by atoms with Gasteiger partial charge in [-0.1, -0.05) is 36.8 Å². The quantitative estimate of drug-likeness (QED) is 0.274. The fourth-order valence-corrected chi connectivity index (χ4v) is 4.10. The smallest absolute Gasteiger partial charge is 0.257 e. The zero-order valence-electron chi connectivity index (χ0n) is 21.5. The summed E-state index contributed by atoms with van der Waals surface area (Å²) in [6.45, 7) is 6.63. The Morgan fingerprint density at radius 3 is 2.62 bits per heavy atom. The fourth-order valence-electron chi connectivity index (χ4n) is 4.10. The highest BCUT2D eigenvalue weighted by molar-refractivity contribution is 5.98. The summed E-state index contributed by atoms with van der Waals surface area (Å²) in [5.41, 5.74) is 10.4. The largest absolute Gasteiger partial charge is 0.383 e. The van der Waals surface area contributed by atoms with Crippen molar-refractivity contribution in [2.75, 3.05) is 17.6 Å². The summed E-state index contributed by atoms with van der Waals surface area (Å²) in [6.07, 6.45) is 6.19. The van der Waals surface area contributed by atoms with Crippen LogP contribution in [-0.2, 0) is 7.05 Å². The van der Waals surface area contributed by atoms with Gasteiger partial charge in [0.2, 0.25) is 0 Å². The minimum Gasteiger partial charge on any atom is -0.383 e. The third-order valence-corrected chi connectivity index (χ3v) is 6.40. The number of aromatic nitrogens is 4. The molecule has 2 aromatic heterocycles. The molecule has 4 rings (SSSR count). The Morgan fingerprint density at radius 1 is 1.14 bits per heavy atom. The second-order valence-electron chi connectivity index (χ2n) is 9.39. The Kier molecular flexibility index (Phi) is 7.81. The van der Waals surface area contributed by atoms with Crippen molar-refractivity contribution >= 4 is 28.4 Å². The number of aryl methyl sites for hydroxylation is 1. The average molecular weight is 502 g/mol. The number of amides is 1. The van der Waals surface area contributed by atoms with E-state index >= 15 is 0 Å². The predicted molar refractivity (Wildman–Crippen MR) is 145 cm³/mol. The van der Waals surface area contributed by atoms with E-state index in [0.717, 1.165) is 28.5 Å². The lowest BCUT2D eigenvalue weighted by atomic mass is 9.95. The summed E-state index contributed by atoms with van der Waals surface area (Å²) < 4.78 is 14.8. The van der Waals surface area contributed by atoms with Crippen molar-refractivity contribution in [1.29, 1.82) is 0 Å². The van der Waals surface area contributed by atoms with E-state index < -0.39 is 0 Å². The number of halogens is 1. The molecule has 4 N–H and O–H groups in total. The van der Waals surface area contributed by atoms with Crippen molar-refractivity contribution in [3.8, 4) is 0 Å². The van der Waals surface area contributed by atoms with Crippen molar-refractivity contribution < 1.29 is 9.18 Å². The standard InChI is InChI=1S/C28H32FN7O/c1-17(5-6-18(2)21-9-12-25-23(13-21)26(30)33-16-32-25)14-31-27-24(15-36(4)35-27)28(37)34-19(3)20-7-10-22(29)11-8-20/h5,7-13,15-16,18-19H,6,14H2,1-4H3,(H,31,35)(H,34,37)(H2,30,32,33)/b17-5+/t18-,19-/m0/s1. The first-order chi connectivity index (χ1) is 17.7. The fraction of sp³-hybridized carbons (Fsp3) is 0.286. The maximum Gasteiger partial charge on any atom is 0.257 e. The molecule has 0 saturated carbocycles. The number of carbonyl (C=O) groups excluding carboxylic acids is 1. The summed E-state index contributed by atoms with van der Waals surface area (Å²) in [6, 6.07) is 11.9. The van der Waals surface area contributed by atoms with Crippen LogP contribution in [0.5, 0.6) is 0 Å². The number of nitrogens with zero attached hydrogens (tertiary/aromatic N) is 4. The number of anilines is 2. The average Bonchev–Trinajstić information content (AvgIpc) is 3.27. The lowest BCUT2D eigenvalue weighted by molar-refractivity contribution is 0.0940. The van der Waals surface area contributed by atoms with E-state index in [1.165, 1.54) is 24.0 Å². The molecule has 2 aromatic carbocycles. The molecule has 0 aliphatic rings. The first-order valence-electron chi connectivity index (χ1n) is 12.2. The predicted octanol–water partition coefficient (Wildman–Crippen LogP) is 5.13. The summed E-state index contributed by atoms with van der Waals surface area (Å²) >= 11 is 0. The first kappa shape index (κ1) is 25.8. The monoisotopic (exact) mass is 501 g/mol. The molecule has 9 heteroatoms. The highest BCUT2D eigenvalue weighted by Crippen LogP contribution is 2.26. The zero-order chi connectivity index (χ0) is 26.5. The van der Waals surface area contributed by atoms with Crippen LogP contribution >= 0.6 is 0 Å². The molecule has 0 aliphatic heterocycles. The van der Waals surface area contributed by atoms with Gasteiger partial charge >= 0.3 is 0 Å². The van der Waals surface area contributed by atoms with E-state index in [1.807, 2.05) is 19.9 Å². The van der Waals surface area contributed by atoms with Crippen LogP contribution in [0.4, 0.5) is 16.0 Å². The van der Waals surface area contributed by atoms with E-state index in [0.29, 0.717) is 23.7 Å². The van der Waals surface area contributed by atoms with Crippen LogP contribution in [-0.4, -0.2) is 32.2 Å². The van der Waals surface area contributed by atoms with Crippen LogP contribution in [0, 0.1) is 5.82 Å². The molecule has 0 unspecified atom stereocenters. The molecule has 0 aliphatic carbocycles. The Labute approximate surface area is 215 Å². The Bertz CT molecular complexity index is 1430. The summed E-state index contributed by atoms with van der Waals surface area (Å²) in [7, 11) is 1.77. The minimum atomic E-state index is -0.310. The number of fused-ring (bicyclic) bond motifs is 1. The summed E-state index contributed by atoms with van der Waals surface area (Å²) in [4.78, 5) is 21.3. The van der Waals surface area contributed by atoms with Crippen LogP contribution in [0.1, 0.15) is 60.6 Å². The van der Waals surface area contributed by atoms with Gasteiger partial charge in [0.25, 0.3) is 5.91 Å². The number of nitrogen functional groups attached to an aromatic ring is 1. The van der Waals surface area contributed by atoms with Gasteiger partial charge < -0.3 is 16.4 Å². The molecule has 192 valence electrons. The minimum absolute atomic E-state index is 0.248. The van der Waals surface area contributed by atoms with E-state index in [9.17, 15) is 9.18 Å². The number of benzene rings is 2. The van der Waals surface area contributed by atoms with Crippen molar-refractivity contribution in [3.63, 3.8) is 0 Å². The van der Waals surface area contributed by atoms with Gasteiger partial charge in [0.1, 0.15) is 23.5 Å². The molecule has 0 saturated heterocycles. The molecule has 0 spiro atoms. The molecule has 2 atom stereocenters. The summed E-state index contributed by atoms with van der Waals surface area (Å²) in [5, 5.41) is 11.5. The highest BCUT2D eigenvalue weighted by atomic mass is 19.1. The topological polar surface area (TPSA) is 111 Å². The first-order valence-corrected chi connectivity index (χ1v) is 12.2. The second kappa shape index (κ2) is 11.2. The van der Waals surface area contributed by atoms with Crippen molar-refractivity contribution in [1.82, 2.24) is 25.1 Å². The SMILES string of the molecule is C/C(=C\C[C@H](C)c1ccc2ncnc(N)c2c1)CNc1nn(C)cc1C(=O)N[C@@H](C)c1ccc(F)cc1. The van der Waals surface area contributed by atoms with Gasteiger partial charge in [-0.05, 0) is 61.6 Å². The van der Waals surface area contributed by atoms with Gasteiger partial charge in [0.05, 0.1) is 11.6 Å². The number of rotatable bonds is 9. The lowest BCUT2D eigenvalue weighted by Gasteiger charge is -2.15. The maximum atomic E-state index is 13.2. The number of allylic oxidation sites excluding steroid dienone is 1. The molecule has 1 amide bonds. The normalized spacial score (nSPS) is 13.4. The van der Waals surface area contributed by atoms with Crippen molar-refractivity contribution in [3.05, 3.63) is 89.1 Å². The van der Waals surface area contributed by atoms with Crippen LogP contribution in [0.3, 0.4) is 0 Å². The number of hydrogen-bond acceptors (Lipinski definition) is 6. The van der Waals surface area contributed by atoms with Crippen LogP contribution in [0.2, 0.25) is 0 Å². The molecule has 37 heavy (non-hydrogen) atoms. The van der Waals surface area contributed by atoms with Gasteiger partial charge in [0, 0.05) is 25.2 Å². The number of nitrogens with two attached hydrogens (primary N) is 1. The Hall–Kier alpha value is -4.27. The van der Waals surface area contributed by atoms with E-state index in [1.54, 1.807) is 30.1 Å². The Balaban J connectivity index is 1.37. The molecule has 8 nitrogen and oxygen atoms in total. The van der Waals surface area contributed by atoms with Crippen LogP contribution in [0.25, 0.3) is 10.9 Å². The van der Waals surface area contributed by atoms with Crippen molar-refractivity contribution in [2.24, 2.45) is 7.05 Å². The molecular weight excluding hydrogens is 469 g/mol. The lowest BCUT2D eigenvalue weighted by Crippen LogP contribution is -2.27. The molecule has 0 radical (unpaired) electrons. The third kappa shape index (κ3) is 6.30. The van der Waals surface area contributed by atoms with Gasteiger partial charge in [-0.2, -0.15) is 5.10 Å². The molecule has 2 heterocycles. The summed E-state index contributed by atoms with van der Waals surface area (Å²) in [5.74, 6) is 0.718. The Morgan fingerprint density at radius 2 is 1.86 bits per heavy atom. The molecule has 0 bridgehead atoms. The van der Waals surface area contributed by atoms with E-state index in [2.05, 4.69) is 50.8 Å². The van der Waals surface area contributed by atoms with Crippen LogP contribution in [0.15, 0.2) is 66.6 Å². The van der Waals surface area contributed by atoms with E-state index in [4.69, 9.17) is 5.73 Å². The maximum absolute atomic E-state index is 13.2. The number of carbonyl (C=O) groups is 1. The van der Waals surface area contributed by atoms with Gasteiger partial charge in [-0.15, -0.1) is 0 Å². The highest BCUT2D eigenvalue weighted by Gasteiger charge is 2.18. The van der Waals surface area contributed by atoms with Crippen molar-refractivity contribution in [2.45, 2.75) is 39.2 Å². The van der Waals surface area contributed by atoms with Gasteiger partial charge in [-0.25, -0.2) is 14.4 Å². The zero-order valence-corrected chi connectivity index (χ0v) is 21.5. The molecule has 0 fully saturated rings. The van der Waals surface area contributed by atoms with Crippen LogP contribution < -0.4 is 16.4 Å². The van der Waals surface area contributed by atoms with E-state index in [-0.39, 0.29) is 23.7 Å². The van der Waals surface area contributed by atoms with Gasteiger partial charge in [-0.3, -0.25) is 9.48 Å². The molecule has 4 aromatic rings. The van der Waals surface area contributed by atoms with Gasteiger partial charge in [0.15, 0.2) is 5.82 Å². The second-order valence-corrected chi connectivity index (χ2v) is 9.39. The number of nitrogens with one attached hydrogen (secondary N) is 2. The third-order valence-electron chi connectivity index (χ3n) is 6.40.